The molecule has 102 valence electrons. The van der Waals surface area contributed by atoms with Gasteiger partial charge in [0.25, 0.3) is 0 Å². The molecule has 0 aromatic carbocycles. The van der Waals surface area contributed by atoms with Gasteiger partial charge in [0.05, 0.1) is 0 Å². The van der Waals surface area contributed by atoms with E-state index in [1.165, 1.54) is 64.2 Å². The van der Waals surface area contributed by atoms with Gasteiger partial charge in [0.15, 0.2) is 0 Å². The first kappa shape index (κ1) is 11.8. The van der Waals surface area contributed by atoms with Crippen LogP contribution in [-0.4, -0.2) is 6.04 Å². The van der Waals surface area contributed by atoms with Crippen molar-refractivity contribution in [2.24, 2.45) is 34.3 Å². The lowest BCUT2D eigenvalue weighted by Crippen LogP contribution is -2.58. The number of rotatable bonds is 3. The van der Waals surface area contributed by atoms with Crippen LogP contribution in [0, 0.1) is 28.6 Å². The first-order valence-corrected chi connectivity index (χ1v) is 8.33. The van der Waals surface area contributed by atoms with Crippen LogP contribution < -0.4 is 5.73 Å². The Bertz CT molecular complexity index is 330. The van der Waals surface area contributed by atoms with Gasteiger partial charge in [0, 0.05) is 6.04 Å². The molecule has 3 atom stereocenters. The van der Waals surface area contributed by atoms with Gasteiger partial charge in [-0.3, -0.25) is 0 Å². The maximum absolute atomic E-state index is 6.74. The summed E-state index contributed by atoms with van der Waals surface area (Å²) in [5.74, 6) is 3.05. The van der Waals surface area contributed by atoms with Gasteiger partial charge in [-0.05, 0) is 73.5 Å². The third-order valence-electron chi connectivity index (χ3n) is 7.00. The zero-order chi connectivity index (χ0) is 12.4. The van der Waals surface area contributed by atoms with Gasteiger partial charge in [-0.1, -0.05) is 26.2 Å². The van der Waals surface area contributed by atoms with E-state index in [-0.39, 0.29) is 0 Å². The summed E-state index contributed by atoms with van der Waals surface area (Å²) in [5, 5.41) is 0. The van der Waals surface area contributed by atoms with E-state index >= 15 is 0 Å². The molecule has 1 nitrogen and oxygen atoms in total. The second-order valence-corrected chi connectivity index (χ2v) is 8.77. The first-order chi connectivity index (χ1) is 8.57. The average molecular weight is 247 g/mol. The molecule has 5 rings (SSSR count). The van der Waals surface area contributed by atoms with Crippen LogP contribution in [0.2, 0.25) is 0 Å². The molecule has 4 bridgehead atoms. The molecule has 0 saturated heterocycles. The molecule has 0 radical (unpaired) electrons. The highest BCUT2D eigenvalue weighted by Gasteiger charge is 2.57. The summed E-state index contributed by atoms with van der Waals surface area (Å²) in [4.78, 5) is 0. The standard InChI is InChI=1S/C17H29N/c1-16-7-13-5-14(8-16)10-17(9-13,11-16)15(18)6-12-3-2-4-12/h12-15H,2-11,18H2,1H3. The predicted molar refractivity (Wildman–Crippen MR) is 75.2 cm³/mol. The summed E-state index contributed by atoms with van der Waals surface area (Å²) >= 11 is 0. The molecule has 5 aliphatic rings. The Balaban J connectivity index is 1.55. The number of hydrogen-bond donors (Lipinski definition) is 1. The van der Waals surface area contributed by atoms with Crippen LogP contribution in [0.25, 0.3) is 0 Å². The highest BCUT2D eigenvalue weighted by molar-refractivity contribution is 5.09. The molecule has 0 aromatic heterocycles. The Morgan fingerprint density at radius 3 is 2.28 bits per heavy atom. The van der Waals surface area contributed by atoms with E-state index in [0.29, 0.717) is 16.9 Å². The lowest BCUT2D eigenvalue weighted by atomic mass is 9.43. The normalized spacial score (nSPS) is 52.3. The third-order valence-corrected chi connectivity index (χ3v) is 7.00. The maximum Gasteiger partial charge on any atom is 0.00986 e. The van der Waals surface area contributed by atoms with Gasteiger partial charge in [0.2, 0.25) is 0 Å². The van der Waals surface area contributed by atoms with Gasteiger partial charge in [-0.25, -0.2) is 0 Å². The Hall–Kier alpha value is -0.0400. The summed E-state index contributed by atoms with van der Waals surface area (Å²) < 4.78 is 0. The van der Waals surface area contributed by atoms with Crippen molar-refractivity contribution in [1.82, 2.24) is 0 Å². The minimum atomic E-state index is 0.521. The Kier molecular flexibility index (Phi) is 2.45. The third kappa shape index (κ3) is 1.69. The summed E-state index contributed by atoms with van der Waals surface area (Å²) in [7, 11) is 0. The lowest BCUT2D eigenvalue weighted by Gasteiger charge is -2.63. The average Bonchev–Trinajstić information content (AvgIpc) is 2.19. The van der Waals surface area contributed by atoms with E-state index in [1.54, 1.807) is 0 Å². The lowest BCUT2D eigenvalue weighted by molar-refractivity contribution is -0.116. The van der Waals surface area contributed by atoms with Crippen molar-refractivity contribution in [2.75, 3.05) is 0 Å². The van der Waals surface area contributed by atoms with Crippen molar-refractivity contribution in [3.63, 3.8) is 0 Å². The minimum absolute atomic E-state index is 0.521. The fourth-order valence-corrected chi connectivity index (χ4v) is 6.57. The van der Waals surface area contributed by atoms with Crippen LogP contribution in [0.4, 0.5) is 0 Å². The summed E-state index contributed by atoms with van der Waals surface area (Å²) in [5.41, 5.74) is 7.97. The van der Waals surface area contributed by atoms with E-state index < -0.39 is 0 Å². The minimum Gasteiger partial charge on any atom is -0.327 e. The number of hydrogen-bond acceptors (Lipinski definition) is 1. The van der Waals surface area contributed by atoms with E-state index in [0.717, 1.165) is 17.8 Å². The van der Waals surface area contributed by atoms with E-state index in [9.17, 15) is 0 Å². The van der Waals surface area contributed by atoms with Gasteiger partial charge in [0.1, 0.15) is 0 Å². The van der Waals surface area contributed by atoms with Gasteiger partial charge >= 0.3 is 0 Å². The van der Waals surface area contributed by atoms with E-state index in [2.05, 4.69) is 6.92 Å². The van der Waals surface area contributed by atoms with Crippen molar-refractivity contribution in [3.05, 3.63) is 0 Å². The monoisotopic (exact) mass is 247 g/mol. The van der Waals surface area contributed by atoms with Gasteiger partial charge in [-0.15, -0.1) is 0 Å². The molecule has 3 unspecified atom stereocenters. The molecule has 0 aliphatic heterocycles. The zero-order valence-electron chi connectivity index (χ0n) is 12.0. The highest BCUT2D eigenvalue weighted by atomic mass is 14.8. The SMILES string of the molecule is CC12CC3CC(C1)CC(C(N)CC1CCC1)(C3)C2. The first-order valence-electron chi connectivity index (χ1n) is 8.33. The van der Waals surface area contributed by atoms with Gasteiger partial charge in [-0.2, -0.15) is 0 Å². The molecule has 5 aliphatic carbocycles. The van der Waals surface area contributed by atoms with Crippen LogP contribution >= 0.6 is 0 Å². The second kappa shape index (κ2) is 3.75. The molecule has 18 heavy (non-hydrogen) atoms. The smallest absolute Gasteiger partial charge is 0.00986 e. The Labute approximate surface area is 112 Å². The summed E-state index contributed by atoms with van der Waals surface area (Å²) in [6.07, 6.45) is 14.7. The summed E-state index contributed by atoms with van der Waals surface area (Å²) in [6.45, 7) is 2.56. The van der Waals surface area contributed by atoms with Crippen LogP contribution in [0.3, 0.4) is 0 Å². The van der Waals surface area contributed by atoms with Crippen molar-refractivity contribution < 1.29 is 0 Å². The van der Waals surface area contributed by atoms with Crippen LogP contribution in [0.5, 0.6) is 0 Å². The summed E-state index contributed by atoms with van der Waals surface area (Å²) in [6, 6.07) is 0.521. The molecular formula is C17H29N. The van der Waals surface area contributed by atoms with Crippen molar-refractivity contribution in [1.29, 1.82) is 0 Å². The van der Waals surface area contributed by atoms with Gasteiger partial charge < -0.3 is 5.73 Å². The molecule has 0 aromatic rings. The molecule has 0 heterocycles. The van der Waals surface area contributed by atoms with E-state index in [1.807, 2.05) is 0 Å². The fourth-order valence-electron chi connectivity index (χ4n) is 6.57. The molecule has 5 fully saturated rings. The number of nitrogens with two attached hydrogens (primary N) is 1. The molecule has 5 saturated carbocycles. The van der Waals surface area contributed by atoms with Crippen molar-refractivity contribution >= 4 is 0 Å². The molecule has 1 heteroatoms. The quantitative estimate of drug-likeness (QED) is 0.798. The van der Waals surface area contributed by atoms with Crippen LogP contribution in [0.15, 0.2) is 0 Å². The fraction of sp³-hybridized carbons (Fsp3) is 1.00. The van der Waals surface area contributed by atoms with Crippen LogP contribution in [-0.2, 0) is 0 Å². The molecule has 2 N–H and O–H groups in total. The zero-order valence-corrected chi connectivity index (χ0v) is 12.0. The van der Waals surface area contributed by atoms with Crippen molar-refractivity contribution in [3.8, 4) is 0 Å². The Morgan fingerprint density at radius 1 is 1.11 bits per heavy atom. The molecule has 0 amide bonds. The van der Waals surface area contributed by atoms with Crippen molar-refractivity contribution in [2.45, 2.75) is 77.2 Å². The largest absolute Gasteiger partial charge is 0.327 e. The highest BCUT2D eigenvalue weighted by Crippen LogP contribution is 2.66. The van der Waals surface area contributed by atoms with E-state index in [4.69, 9.17) is 5.73 Å². The van der Waals surface area contributed by atoms with Crippen LogP contribution in [0.1, 0.15) is 71.1 Å². The topological polar surface area (TPSA) is 26.0 Å². The maximum atomic E-state index is 6.74. The predicted octanol–water partition coefficient (Wildman–Crippen LogP) is 4.11. The Morgan fingerprint density at radius 2 is 1.78 bits per heavy atom. The molecular weight excluding hydrogens is 218 g/mol. The molecule has 0 spiro atoms. The second-order valence-electron chi connectivity index (χ2n) is 8.77.